The van der Waals surface area contributed by atoms with Crippen molar-refractivity contribution in [3.05, 3.63) is 30.6 Å². The molecule has 0 aliphatic carbocycles. The van der Waals surface area contributed by atoms with Gasteiger partial charge in [-0.2, -0.15) is 0 Å². The van der Waals surface area contributed by atoms with E-state index in [-0.39, 0.29) is 0 Å². The summed E-state index contributed by atoms with van der Waals surface area (Å²) in [6.45, 7) is 7.82. The molecule has 1 aromatic heterocycles. The zero-order valence-corrected chi connectivity index (χ0v) is 13.3. The van der Waals surface area contributed by atoms with Crippen molar-refractivity contribution in [1.82, 2.24) is 15.3 Å². The van der Waals surface area contributed by atoms with Crippen molar-refractivity contribution in [3.8, 4) is 0 Å². The van der Waals surface area contributed by atoms with Crippen molar-refractivity contribution in [2.75, 3.05) is 6.54 Å². The van der Waals surface area contributed by atoms with Crippen molar-refractivity contribution in [1.29, 1.82) is 0 Å². The van der Waals surface area contributed by atoms with Gasteiger partial charge in [-0.15, -0.1) is 11.8 Å². The van der Waals surface area contributed by atoms with Gasteiger partial charge in [-0.1, -0.05) is 32.0 Å². The number of fused-ring (bicyclic) bond motifs is 1. The number of nitrogens with one attached hydrogen (secondary N) is 1. The molecule has 1 N–H and O–H groups in total. The Morgan fingerprint density at radius 1 is 1.20 bits per heavy atom. The van der Waals surface area contributed by atoms with E-state index in [1.807, 2.05) is 30.0 Å². The number of thioether (sulfide) groups is 1. The number of hydrogen-bond acceptors (Lipinski definition) is 4. The molecular formula is C16H23N3S. The zero-order valence-electron chi connectivity index (χ0n) is 12.5. The van der Waals surface area contributed by atoms with E-state index in [4.69, 9.17) is 0 Å². The van der Waals surface area contributed by atoms with Crippen LogP contribution in [-0.4, -0.2) is 27.8 Å². The van der Waals surface area contributed by atoms with Crippen LogP contribution in [0, 0.1) is 0 Å². The molecule has 1 heterocycles. The maximum atomic E-state index is 4.45. The Kier molecular flexibility index (Phi) is 5.80. The molecule has 2 unspecified atom stereocenters. The Bertz CT molecular complexity index is 539. The number of aromatic nitrogens is 2. The highest BCUT2D eigenvalue weighted by Gasteiger charge is 2.12. The van der Waals surface area contributed by atoms with Crippen molar-refractivity contribution >= 4 is 22.7 Å². The summed E-state index contributed by atoms with van der Waals surface area (Å²) in [5.74, 6) is 0. The topological polar surface area (TPSA) is 37.8 Å². The fraction of sp³-hybridized carbons (Fsp3) is 0.500. The van der Waals surface area contributed by atoms with Gasteiger partial charge in [0, 0.05) is 16.7 Å². The van der Waals surface area contributed by atoms with Crippen molar-refractivity contribution in [3.63, 3.8) is 0 Å². The zero-order chi connectivity index (χ0) is 14.4. The van der Waals surface area contributed by atoms with Gasteiger partial charge in [-0.25, -0.2) is 9.97 Å². The molecule has 2 rings (SSSR count). The lowest BCUT2D eigenvalue weighted by Gasteiger charge is -2.18. The van der Waals surface area contributed by atoms with E-state index in [0.717, 1.165) is 28.9 Å². The molecular weight excluding hydrogens is 266 g/mol. The van der Waals surface area contributed by atoms with E-state index in [0.29, 0.717) is 11.3 Å². The molecule has 0 radical (unpaired) electrons. The van der Waals surface area contributed by atoms with Gasteiger partial charge in [0.2, 0.25) is 0 Å². The SMILES string of the molecule is CCCNC(C)CC(C)Sc1ncnc2ccccc12. The highest BCUT2D eigenvalue weighted by Crippen LogP contribution is 2.29. The summed E-state index contributed by atoms with van der Waals surface area (Å²) in [5.41, 5.74) is 1.02. The molecule has 20 heavy (non-hydrogen) atoms. The standard InChI is InChI=1S/C16H23N3S/c1-4-9-17-12(2)10-13(3)20-16-14-7-5-6-8-15(14)18-11-19-16/h5-8,11-13,17H,4,9-10H2,1-3H3. The van der Waals surface area contributed by atoms with Crippen LogP contribution in [0.25, 0.3) is 10.9 Å². The number of rotatable bonds is 7. The first-order valence-corrected chi connectivity index (χ1v) is 8.18. The van der Waals surface area contributed by atoms with Crippen LogP contribution in [-0.2, 0) is 0 Å². The van der Waals surface area contributed by atoms with Crippen LogP contribution in [0.15, 0.2) is 35.6 Å². The molecule has 0 saturated carbocycles. The van der Waals surface area contributed by atoms with Crippen LogP contribution in [0.2, 0.25) is 0 Å². The lowest BCUT2D eigenvalue weighted by Crippen LogP contribution is -2.29. The Morgan fingerprint density at radius 3 is 2.80 bits per heavy atom. The second-order valence-corrected chi connectivity index (χ2v) is 6.64. The largest absolute Gasteiger partial charge is 0.314 e. The predicted molar refractivity (Wildman–Crippen MR) is 87.2 cm³/mol. The lowest BCUT2D eigenvalue weighted by molar-refractivity contribution is 0.513. The number of para-hydroxylation sites is 1. The van der Waals surface area contributed by atoms with Crippen LogP contribution in [0.1, 0.15) is 33.6 Å². The number of benzene rings is 1. The number of hydrogen-bond donors (Lipinski definition) is 1. The minimum atomic E-state index is 0.535. The first-order chi connectivity index (χ1) is 9.70. The molecule has 0 aliphatic heterocycles. The highest BCUT2D eigenvalue weighted by atomic mass is 32.2. The van der Waals surface area contributed by atoms with Gasteiger partial charge in [0.25, 0.3) is 0 Å². The lowest BCUT2D eigenvalue weighted by atomic mass is 10.2. The molecule has 108 valence electrons. The van der Waals surface area contributed by atoms with E-state index < -0.39 is 0 Å². The fourth-order valence-corrected chi connectivity index (χ4v) is 3.46. The molecule has 0 bridgehead atoms. The normalized spacial score (nSPS) is 14.3. The van der Waals surface area contributed by atoms with Crippen LogP contribution < -0.4 is 5.32 Å². The first-order valence-electron chi connectivity index (χ1n) is 7.30. The molecule has 0 spiro atoms. The van der Waals surface area contributed by atoms with Gasteiger partial charge in [-0.3, -0.25) is 0 Å². The van der Waals surface area contributed by atoms with Crippen LogP contribution in [0.5, 0.6) is 0 Å². The van der Waals surface area contributed by atoms with Gasteiger partial charge >= 0.3 is 0 Å². The van der Waals surface area contributed by atoms with Gasteiger partial charge in [0.15, 0.2) is 0 Å². The number of nitrogens with zero attached hydrogens (tertiary/aromatic N) is 2. The van der Waals surface area contributed by atoms with E-state index in [1.165, 1.54) is 6.42 Å². The quantitative estimate of drug-likeness (QED) is 0.620. The van der Waals surface area contributed by atoms with Gasteiger partial charge in [0.1, 0.15) is 11.4 Å². The maximum absolute atomic E-state index is 4.45. The molecule has 2 aromatic rings. The molecule has 0 aliphatic rings. The highest BCUT2D eigenvalue weighted by molar-refractivity contribution is 8.00. The molecule has 0 amide bonds. The second kappa shape index (κ2) is 7.60. The summed E-state index contributed by atoms with van der Waals surface area (Å²) in [5, 5.41) is 6.32. The Labute approximate surface area is 125 Å². The molecule has 4 heteroatoms. The Balaban J connectivity index is 2.01. The molecule has 2 atom stereocenters. The summed E-state index contributed by atoms with van der Waals surface area (Å²) in [6.07, 6.45) is 3.99. The molecule has 1 aromatic carbocycles. The Hall–Kier alpha value is -1.13. The van der Waals surface area contributed by atoms with Crippen LogP contribution >= 0.6 is 11.8 Å². The molecule has 0 saturated heterocycles. The maximum Gasteiger partial charge on any atom is 0.117 e. The Morgan fingerprint density at radius 2 is 2.00 bits per heavy atom. The smallest absolute Gasteiger partial charge is 0.117 e. The first kappa shape index (κ1) is 15.3. The van der Waals surface area contributed by atoms with E-state index in [9.17, 15) is 0 Å². The van der Waals surface area contributed by atoms with Gasteiger partial charge in [0.05, 0.1) is 5.52 Å². The minimum Gasteiger partial charge on any atom is -0.314 e. The average molecular weight is 289 g/mol. The third-order valence-electron chi connectivity index (χ3n) is 3.25. The molecule has 0 fully saturated rings. The second-order valence-electron chi connectivity index (χ2n) is 5.22. The molecule has 3 nitrogen and oxygen atoms in total. The van der Waals surface area contributed by atoms with E-state index in [1.54, 1.807) is 6.33 Å². The summed E-state index contributed by atoms with van der Waals surface area (Å²) in [4.78, 5) is 8.76. The van der Waals surface area contributed by atoms with Crippen molar-refractivity contribution in [2.24, 2.45) is 0 Å². The summed E-state index contributed by atoms with van der Waals surface area (Å²) < 4.78 is 0. The van der Waals surface area contributed by atoms with E-state index in [2.05, 4.69) is 42.1 Å². The summed E-state index contributed by atoms with van der Waals surface area (Å²) in [7, 11) is 0. The average Bonchev–Trinajstić information content (AvgIpc) is 2.45. The van der Waals surface area contributed by atoms with Gasteiger partial charge < -0.3 is 5.32 Å². The summed E-state index contributed by atoms with van der Waals surface area (Å²) in [6, 6.07) is 8.75. The third-order valence-corrected chi connectivity index (χ3v) is 4.39. The predicted octanol–water partition coefficient (Wildman–Crippen LogP) is 3.89. The van der Waals surface area contributed by atoms with Crippen molar-refractivity contribution in [2.45, 2.75) is 49.9 Å². The fourth-order valence-electron chi connectivity index (χ4n) is 2.28. The summed E-state index contributed by atoms with van der Waals surface area (Å²) >= 11 is 1.84. The monoisotopic (exact) mass is 289 g/mol. The van der Waals surface area contributed by atoms with E-state index >= 15 is 0 Å². The third kappa shape index (κ3) is 4.18. The van der Waals surface area contributed by atoms with Crippen LogP contribution in [0.3, 0.4) is 0 Å². The van der Waals surface area contributed by atoms with Crippen LogP contribution in [0.4, 0.5) is 0 Å². The van der Waals surface area contributed by atoms with Gasteiger partial charge in [-0.05, 0) is 32.4 Å². The minimum absolute atomic E-state index is 0.535. The van der Waals surface area contributed by atoms with Crippen molar-refractivity contribution < 1.29 is 0 Å².